The van der Waals surface area contributed by atoms with Crippen molar-refractivity contribution >= 4 is 6.03 Å². The molecule has 0 spiro atoms. The maximum atomic E-state index is 12.1. The molecule has 1 amide bonds. The van der Waals surface area contributed by atoms with Crippen LogP contribution >= 0.6 is 0 Å². The number of hydrogen-bond donors (Lipinski definition) is 0. The van der Waals surface area contributed by atoms with Crippen LogP contribution in [0, 0.1) is 11.8 Å². The minimum Gasteiger partial charge on any atom is -0.304 e. The SMILES string of the molecule is CC(C)C1CCN(C(=O)n2cc[n+](C)c2)C1. The van der Waals surface area contributed by atoms with Gasteiger partial charge in [0.15, 0.2) is 0 Å². The Balaban J connectivity index is 2.02. The molecule has 4 nitrogen and oxygen atoms in total. The van der Waals surface area contributed by atoms with E-state index >= 15 is 0 Å². The van der Waals surface area contributed by atoms with E-state index in [-0.39, 0.29) is 6.03 Å². The quantitative estimate of drug-likeness (QED) is 0.658. The van der Waals surface area contributed by atoms with Gasteiger partial charge >= 0.3 is 6.03 Å². The van der Waals surface area contributed by atoms with Gasteiger partial charge in [-0.2, -0.15) is 4.57 Å². The average Bonchev–Trinajstić information content (AvgIpc) is 2.84. The third-order valence-electron chi connectivity index (χ3n) is 3.43. The number of imidazole rings is 1. The molecule has 4 heteroatoms. The molecular weight excluding hydrogens is 202 g/mol. The third kappa shape index (κ3) is 2.10. The van der Waals surface area contributed by atoms with E-state index in [4.69, 9.17) is 0 Å². The fourth-order valence-electron chi connectivity index (χ4n) is 2.23. The zero-order valence-electron chi connectivity index (χ0n) is 10.3. The molecule has 0 aromatic carbocycles. The van der Waals surface area contributed by atoms with Crippen LogP contribution in [-0.2, 0) is 7.05 Å². The summed E-state index contributed by atoms with van der Waals surface area (Å²) in [6.07, 6.45) is 6.64. The molecule has 16 heavy (non-hydrogen) atoms. The van der Waals surface area contributed by atoms with Crippen LogP contribution in [0.25, 0.3) is 0 Å². The standard InChI is InChI=1S/C12H20N3O/c1-10(2)11-4-5-14(8-11)12(16)15-7-6-13(3)9-15/h6-7,9-11H,4-5,8H2,1-3H3/q+1. The first-order valence-corrected chi connectivity index (χ1v) is 5.90. The topological polar surface area (TPSA) is 29.1 Å². The van der Waals surface area contributed by atoms with Crippen LogP contribution < -0.4 is 4.57 Å². The van der Waals surface area contributed by atoms with E-state index in [0.717, 1.165) is 19.5 Å². The van der Waals surface area contributed by atoms with Crippen molar-refractivity contribution in [2.45, 2.75) is 20.3 Å². The summed E-state index contributed by atoms with van der Waals surface area (Å²) in [5.41, 5.74) is 0. The van der Waals surface area contributed by atoms with Crippen LogP contribution in [0.2, 0.25) is 0 Å². The summed E-state index contributed by atoms with van der Waals surface area (Å²) < 4.78 is 3.54. The Kier molecular flexibility index (Phi) is 2.99. The van der Waals surface area contributed by atoms with Crippen molar-refractivity contribution in [3.63, 3.8) is 0 Å². The van der Waals surface area contributed by atoms with Gasteiger partial charge in [0, 0.05) is 13.1 Å². The van der Waals surface area contributed by atoms with E-state index in [2.05, 4.69) is 13.8 Å². The van der Waals surface area contributed by atoms with E-state index in [1.165, 1.54) is 0 Å². The molecule has 1 aliphatic heterocycles. The highest BCUT2D eigenvalue weighted by molar-refractivity contribution is 5.76. The maximum Gasteiger partial charge on any atom is 0.415 e. The Morgan fingerprint density at radius 3 is 2.75 bits per heavy atom. The summed E-state index contributed by atoms with van der Waals surface area (Å²) in [4.78, 5) is 14.1. The van der Waals surface area contributed by atoms with Gasteiger partial charge in [0.2, 0.25) is 0 Å². The van der Waals surface area contributed by atoms with Gasteiger partial charge in [-0.1, -0.05) is 13.8 Å². The number of hydrogen-bond acceptors (Lipinski definition) is 1. The molecule has 1 aliphatic rings. The molecule has 1 atom stereocenters. The summed E-state index contributed by atoms with van der Waals surface area (Å²) in [6.45, 7) is 6.25. The van der Waals surface area contributed by atoms with Crippen LogP contribution in [0.4, 0.5) is 4.79 Å². The van der Waals surface area contributed by atoms with Crippen molar-refractivity contribution in [1.82, 2.24) is 9.47 Å². The minimum atomic E-state index is 0.101. The first kappa shape index (κ1) is 11.2. The number of likely N-dealkylation sites (tertiary alicyclic amines) is 1. The number of carbonyl (C=O) groups is 1. The Hall–Kier alpha value is -1.32. The first-order chi connectivity index (χ1) is 7.58. The lowest BCUT2D eigenvalue weighted by Gasteiger charge is -2.15. The summed E-state index contributed by atoms with van der Waals surface area (Å²) in [5, 5.41) is 0. The summed E-state index contributed by atoms with van der Waals surface area (Å²) in [7, 11) is 1.92. The third-order valence-corrected chi connectivity index (χ3v) is 3.43. The van der Waals surface area contributed by atoms with E-state index in [0.29, 0.717) is 11.8 Å². The highest BCUT2D eigenvalue weighted by atomic mass is 16.2. The van der Waals surface area contributed by atoms with E-state index in [9.17, 15) is 4.79 Å². The molecular formula is C12H20N3O+. The molecule has 2 rings (SSSR count). The van der Waals surface area contributed by atoms with Gasteiger partial charge in [0.25, 0.3) is 6.33 Å². The predicted molar refractivity (Wildman–Crippen MR) is 60.9 cm³/mol. The minimum absolute atomic E-state index is 0.101. The molecule has 1 fully saturated rings. The molecule has 0 aliphatic carbocycles. The second kappa shape index (κ2) is 4.28. The maximum absolute atomic E-state index is 12.1. The second-order valence-corrected chi connectivity index (χ2v) is 5.01. The Bertz CT molecular complexity index is 383. The van der Waals surface area contributed by atoms with Gasteiger partial charge in [-0.15, -0.1) is 0 Å². The molecule has 1 unspecified atom stereocenters. The lowest BCUT2D eigenvalue weighted by molar-refractivity contribution is -0.670. The summed E-state index contributed by atoms with van der Waals surface area (Å²) in [5.74, 6) is 1.33. The first-order valence-electron chi connectivity index (χ1n) is 5.90. The lowest BCUT2D eigenvalue weighted by atomic mass is 9.95. The van der Waals surface area contributed by atoms with Gasteiger partial charge in [0.05, 0.1) is 7.05 Å². The fourth-order valence-corrected chi connectivity index (χ4v) is 2.23. The molecule has 2 heterocycles. The summed E-state index contributed by atoms with van der Waals surface area (Å²) >= 11 is 0. The molecule has 0 radical (unpaired) electrons. The van der Waals surface area contributed by atoms with Crippen LogP contribution in [0.3, 0.4) is 0 Å². The van der Waals surface area contributed by atoms with Crippen molar-refractivity contribution in [1.29, 1.82) is 0 Å². The van der Waals surface area contributed by atoms with Crippen molar-refractivity contribution in [2.75, 3.05) is 13.1 Å². The molecule has 88 valence electrons. The van der Waals surface area contributed by atoms with Crippen LogP contribution in [0.5, 0.6) is 0 Å². The Morgan fingerprint density at radius 1 is 1.50 bits per heavy atom. The molecule has 1 aromatic heterocycles. The molecule has 0 saturated carbocycles. The van der Waals surface area contributed by atoms with Gasteiger partial charge in [-0.25, -0.2) is 9.36 Å². The number of nitrogens with zero attached hydrogens (tertiary/aromatic N) is 3. The van der Waals surface area contributed by atoms with Gasteiger partial charge in [0.1, 0.15) is 12.4 Å². The molecule has 0 bridgehead atoms. The number of rotatable bonds is 1. The molecule has 1 aromatic rings. The van der Waals surface area contributed by atoms with Crippen molar-refractivity contribution < 1.29 is 9.36 Å². The number of amides is 1. The van der Waals surface area contributed by atoms with Crippen molar-refractivity contribution in [3.05, 3.63) is 18.7 Å². The van der Waals surface area contributed by atoms with E-state index in [1.807, 2.05) is 35.2 Å². The second-order valence-electron chi connectivity index (χ2n) is 5.01. The van der Waals surface area contributed by atoms with Crippen LogP contribution in [0.15, 0.2) is 18.7 Å². The van der Waals surface area contributed by atoms with Gasteiger partial charge in [-0.3, -0.25) is 0 Å². The van der Waals surface area contributed by atoms with Gasteiger partial charge < -0.3 is 4.90 Å². The normalized spacial score (nSPS) is 20.8. The van der Waals surface area contributed by atoms with Gasteiger partial charge in [-0.05, 0) is 18.3 Å². The molecule has 1 saturated heterocycles. The highest BCUT2D eigenvalue weighted by Gasteiger charge is 2.30. The number of aromatic nitrogens is 2. The zero-order chi connectivity index (χ0) is 11.7. The average molecular weight is 222 g/mol. The van der Waals surface area contributed by atoms with E-state index in [1.54, 1.807) is 4.57 Å². The smallest absolute Gasteiger partial charge is 0.304 e. The van der Waals surface area contributed by atoms with Crippen LogP contribution in [0.1, 0.15) is 20.3 Å². The predicted octanol–water partition coefficient (Wildman–Crippen LogP) is 1.26. The summed E-state index contributed by atoms with van der Waals surface area (Å²) in [6, 6.07) is 0.101. The van der Waals surface area contributed by atoms with E-state index < -0.39 is 0 Å². The van der Waals surface area contributed by atoms with Crippen molar-refractivity contribution in [3.8, 4) is 0 Å². The molecule has 0 N–H and O–H groups in total. The highest BCUT2D eigenvalue weighted by Crippen LogP contribution is 2.23. The number of carbonyl (C=O) groups excluding carboxylic acids is 1. The zero-order valence-corrected chi connectivity index (χ0v) is 10.3. The Labute approximate surface area is 96.5 Å². The Morgan fingerprint density at radius 2 is 2.25 bits per heavy atom. The van der Waals surface area contributed by atoms with Crippen molar-refractivity contribution in [2.24, 2.45) is 18.9 Å². The largest absolute Gasteiger partial charge is 0.415 e. The van der Waals surface area contributed by atoms with Crippen LogP contribution in [-0.4, -0.2) is 28.6 Å². The fraction of sp³-hybridized carbons (Fsp3) is 0.667. The lowest BCUT2D eigenvalue weighted by Crippen LogP contribution is -2.34. The number of aryl methyl sites for hydroxylation is 1. The monoisotopic (exact) mass is 222 g/mol.